The molecule has 2 rings (SSSR count). The Hall–Kier alpha value is -0.850. The van der Waals surface area contributed by atoms with Gasteiger partial charge in [0.2, 0.25) is 0 Å². The van der Waals surface area contributed by atoms with Crippen LogP contribution in [0.3, 0.4) is 0 Å². The van der Waals surface area contributed by atoms with Gasteiger partial charge in [-0.25, -0.2) is 0 Å². The van der Waals surface area contributed by atoms with Crippen LogP contribution >= 0.6 is 0 Å². The van der Waals surface area contributed by atoms with E-state index in [1.807, 2.05) is 6.07 Å². The molecule has 0 aromatic carbocycles. The Labute approximate surface area is 80.2 Å². The predicted molar refractivity (Wildman–Crippen MR) is 54.5 cm³/mol. The minimum absolute atomic E-state index is 0.424. The Bertz CT molecular complexity index is 326. The number of fused-ring (bicyclic) bond motifs is 1. The molecule has 0 aliphatic heterocycles. The molecule has 0 unspecified atom stereocenters. The third-order valence-electron chi connectivity index (χ3n) is 2.84. The van der Waals surface area contributed by atoms with Crippen molar-refractivity contribution in [2.45, 2.75) is 33.1 Å². The zero-order chi connectivity index (χ0) is 9.47. The number of aryl methyl sites for hydroxylation is 1. The van der Waals surface area contributed by atoms with Gasteiger partial charge in [-0.05, 0) is 43.2 Å². The Morgan fingerprint density at radius 2 is 2.15 bits per heavy atom. The van der Waals surface area contributed by atoms with Crippen LogP contribution in [-0.4, -0.2) is 4.98 Å². The van der Waals surface area contributed by atoms with Crippen molar-refractivity contribution in [3.63, 3.8) is 0 Å². The van der Waals surface area contributed by atoms with Crippen LogP contribution in [0.15, 0.2) is 12.1 Å². The highest BCUT2D eigenvalue weighted by molar-refractivity contribution is 5.27. The fourth-order valence-electron chi connectivity index (χ4n) is 1.97. The third kappa shape index (κ3) is 1.74. The van der Waals surface area contributed by atoms with E-state index in [9.17, 15) is 0 Å². The molecule has 0 N–H and O–H groups in total. The minimum atomic E-state index is 0.424. The molecule has 1 heterocycles. The molecule has 1 aromatic heterocycles. The molecule has 0 fully saturated rings. The van der Waals surface area contributed by atoms with Crippen LogP contribution < -0.4 is 0 Å². The molecule has 0 spiro atoms. The van der Waals surface area contributed by atoms with E-state index >= 15 is 0 Å². The summed E-state index contributed by atoms with van der Waals surface area (Å²) in [6.45, 7) is 8.49. The maximum Gasteiger partial charge on any atom is 0.0444 e. The number of hydrogen-bond donors (Lipinski definition) is 0. The maximum absolute atomic E-state index is 4.50. The smallest absolute Gasteiger partial charge is 0.0444 e. The quantitative estimate of drug-likeness (QED) is 0.589. The van der Waals surface area contributed by atoms with Gasteiger partial charge < -0.3 is 0 Å². The monoisotopic (exact) mass is 174 g/mol. The van der Waals surface area contributed by atoms with Gasteiger partial charge in [-0.1, -0.05) is 19.9 Å². The van der Waals surface area contributed by atoms with Crippen molar-refractivity contribution < 1.29 is 0 Å². The molecule has 1 nitrogen and oxygen atoms in total. The number of nitrogens with zero attached hydrogens (tertiary/aromatic N) is 1. The standard InChI is InChI=1S/C12H16N/c1-9-4-5-10-6-7-12(2,3)8-11(10)13-9/h4-5H,1,6-8H2,2-3H3. The SMILES string of the molecule is [CH2]c1ccc2c(n1)CC(C)(C)CC2. The van der Waals surface area contributed by atoms with Gasteiger partial charge >= 0.3 is 0 Å². The number of pyridine rings is 1. The van der Waals surface area contributed by atoms with Crippen molar-refractivity contribution in [2.24, 2.45) is 5.41 Å². The zero-order valence-electron chi connectivity index (χ0n) is 8.43. The number of rotatable bonds is 0. The lowest BCUT2D eigenvalue weighted by molar-refractivity contribution is 0.310. The fourth-order valence-corrected chi connectivity index (χ4v) is 1.97. The predicted octanol–water partition coefficient (Wildman–Crippen LogP) is 2.78. The molecule has 0 saturated carbocycles. The summed E-state index contributed by atoms with van der Waals surface area (Å²) in [4.78, 5) is 4.50. The Kier molecular flexibility index (Phi) is 1.90. The first-order valence-electron chi connectivity index (χ1n) is 4.88. The largest absolute Gasteiger partial charge is 0.258 e. The molecule has 1 aromatic rings. The van der Waals surface area contributed by atoms with E-state index in [0.29, 0.717) is 5.41 Å². The number of hydrogen-bond acceptors (Lipinski definition) is 1. The van der Waals surface area contributed by atoms with E-state index in [0.717, 1.165) is 12.1 Å². The van der Waals surface area contributed by atoms with Crippen LogP contribution in [0.25, 0.3) is 0 Å². The van der Waals surface area contributed by atoms with Gasteiger partial charge in [0.15, 0.2) is 0 Å². The molecule has 0 amide bonds. The van der Waals surface area contributed by atoms with E-state index in [2.05, 4.69) is 31.8 Å². The highest BCUT2D eigenvalue weighted by atomic mass is 14.7. The van der Waals surface area contributed by atoms with Crippen LogP contribution in [0.4, 0.5) is 0 Å². The summed E-state index contributed by atoms with van der Waals surface area (Å²) in [5, 5.41) is 0. The second kappa shape index (κ2) is 2.83. The fraction of sp³-hybridized carbons (Fsp3) is 0.500. The van der Waals surface area contributed by atoms with Crippen molar-refractivity contribution >= 4 is 0 Å². The van der Waals surface area contributed by atoms with Gasteiger partial charge in [-0.3, -0.25) is 4.98 Å². The second-order valence-corrected chi connectivity index (χ2v) is 4.75. The second-order valence-electron chi connectivity index (χ2n) is 4.75. The van der Waals surface area contributed by atoms with Gasteiger partial charge in [-0.15, -0.1) is 0 Å². The summed E-state index contributed by atoms with van der Waals surface area (Å²) in [6.07, 6.45) is 3.56. The lowest BCUT2D eigenvalue weighted by atomic mass is 9.76. The van der Waals surface area contributed by atoms with Crippen LogP contribution in [0, 0.1) is 12.3 Å². The lowest BCUT2D eigenvalue weighted by Gasteiger charge is -2.30. The van der Waals surface area contributed by atoms with Crippen LogP contribution in [0.2, 0.25) is 0 Å². The van der Waals surface area contributed by atoms with Crippen molar-refractivity contribution in [3.05, 3.63) is 36.0 Å². The summed E-state index contributed by atoms with van der Waals surface area (Å²) in [5.41, 5.74) is 4.01. The van der Waals surface area contributed by atoms with E-state index in [1.165, 1.54) is 24.1 Å². The Balaban J connectivity index is 2.38. The van der Waals surface area contributed by atoms with E-state index in [-0.39, 0.29) is 0 Å². The van der Waals surface area contributed by atoms with E-state index < -0.39 is 0 Å². The zero-order valence-corrected chi connectivity index (χ0v) is 8.43. The molecule has 1 heteroatoms. The minimum Gasteiger partial charge on any atom is -0.258 e. The van der Waals surface area contributed by atoms with Crippen LogP contribution in [0.1, 0.15) is 37.2 Å². The molecule has 1 radical (unpaired) electrons. The lowest BCUT2D eigenvalue weighted by Crippen LogP contribution is -2.23. The highest BCUT2D eigenvalue weighted by Crippen LogP contribution is 2.33. The van der Waals surface area contributed by atoms with Gasteiger partial charge in [0.1, 0.15) is 0 Å². The summed E-state index contributed by atoms with van der Waals surface area (Å²) in [5.74, 6) is 0. The molecular weight excluding hydrogens is 158 g/mol. The molecule has 0 saturated heterocycles. The summed E-state index contributed by atoms with van der Waals surface area (Å²) in [6, 6.07) is 4.19. The normalized spacial score (nSPS) is 19.6. The Morgan fingerprint density at radius 1 is 1.38 bits per heavy atom. The van der Waals surface area contributed by atoms with E-state index in [1.54, 1.807) is 0 Å². The molecule has 0 atom stereocenters. The van der Waals surface area contributed by atoms with Crippen molar-refractivity contribution in [3.8, 4) is 0 Å². The third-order valence-corrected chi connectivity index (χ3v) is 2.84. The molecule has 1 aliphatic rings. The molecule has 69 valence electrons. The topological polar surface area (TPSA) is 12.9 Å². The van der Waals surface area contributed by atoms with Crippen molar-refractivity contribution in [1.29, 1.82) is 0 Å². The first-order chi connectivity index (χ1) is 6.07. The average molecular weight is 174 g/mol. The summed E-state index contributed by atoms with van der Waals surface area (Å²) < 4.78 is 0. The summed E-state index contributed by atoms with van der Waals surface area (Å²) >= 11 is 0. The van der Waals surface area contributed by atoms with Crippen molar-refractivity contribution in [1.82, 2.24) is 4.98 Å². The molecule has 13 heavy (non-hydrogen) atoms. The molecule has 0 bridgehead atoms. The molecule has 1 aliphatic carbocycles. The van der Waals surface area contributed by atoms with Crippen molar-refractivity contribution in [2.75, 3.05) is 0 Å². The summed E-state index contributed by atoms with van der Waals surface area (Å²) in [7, 11) is 0. The van der Waals surface area contributed by atoms with Gasteiger partial charge in [0.05, 0.1) is 0 Å². The van der Waals surface area contributed by atoms with Gasteiger partial charge in [-0.2, -0.15) is 0 Å². The van der Waals surface area contributed by atoms with Gasteiger partial charge in [0, 0.05) is 11.4 Å². The first kappa shape index (κ1) is 8.74. The Morgan fingerprint density at radius 3 is 2.92 bits per heavy atom. The first-order valence-corrected chi connectivity index (χ1v) is 4.88. The van der Waals surface area contributed by atoms with Crippen LogP contribution in [-0.2, 0) is 12.8 Å². The maximum atomic E-state index is 4.50. The highest BCUT2D eigenvalue weighted by Gasteiger charge is 2.25. The number of aromatic nitrogens is 1. The molecular formula is C12H16N. The van der Waals surface area contributed by atoms with E-state index in [4.69, 9.17) is 0 Å². The van der Waals surface area contributed by atoms with Gasteiger partial charge in [0.25, 0.3) is 0 Å². The van der Waals surface area contributed by atoms with Crippen LogP contribution in [0.5, 0.6) is 0 Å². The average Bonchev–Trinajstić information content (AvgIpc) is 2.01.